The van der Waals surface area contributed by atoms with E-state index in [4.69, 9.17) is 5.73 Å². The largest absolute Gasteiger partial charge is 0.393 e. The summed E-state index contributed by atoms with van der Waals surface area (Å²) in [5.74, 6) is 0.665. The van der Waals surface area contributed by atoms with Crippen LogP contribution in [0.1, 0.15) is 24.8 Å². The van der Waals surface area contributed by atoms with Gasteiger partial charge in [-0.05, 0) is 37.0 Å². The lowest BCUT2D eigenvalue weighted by molar-refractivity contribution is -0.127. The molecule has 4 nitrogen and oxygen atoms in total. The molecule has 0 unspecified atom stereocenters. The molecule has 2 aromatic rings. The van der Waals surface area contributed by atoms with E-state index in [1.54, 1.807) is 12.1 Å². The molecule has 0 spiro atoms. The number of nitrogens with zero attached hydrogens (tertiary/aromatic N) is 3. The summed E-state index contributed by atoms with van der Waals surface area (Å²) in [4.78, 5) is 10.5. The molecule has 1 aromatic heterocycles. The first kappa shape index (κ1) is 18.7. The molecule has 2 N–H and O–H groups in total. The van der Waals surface area contributed by atoms with Crippen molar-refractivity contribution >= 4 is 29.1 Å². The summed E-state index contributed by atoms with van der Waals surface area (Å²) in [7, 11) is 1.92. The minimum absolute atomic E-state index is 0. The highest BCUT2D eigenvalue weighted by atomic mass is 35.5. The molecule has 1 aliphatic rings. The molecule has 1 aliphatic carbocycles. The SMILES string of the molecule is CN(c1ncnc2ccc(CC(F)(F)F)cc12)[C@@H]1CC[C@H](N)C1.Cl. The average molecular weight is 361 g/mol. The van der Waals surface area contributed by atoms with Crippen LogP contribution >= 0.6 is 12.4 Å². The monoisotopic (exact) mass is 360 g/mol. The van der Waals surface area contributed by atoms with Crippen molar-refractivity contribution in [1.82, 2.24) is 9.97 Å². The van der Waals surface area contributed by atoms with Gasteiger partial charge >= 0.3 is 6.18 Å². The maximum atomic E-state index is 12.6. The first-order valence-corrected chi connectivity index (χ1v) is 7.62. The lowest BCUT2D eigenvalue weighted by Crippen LogP contribution is -2.31. The maximum absolute atomic E-state index is 12.6. The second-order valence-corrected chi connectivity index (χ2v) is 6.18. The van der Waals surface area contributed by atoms with E-state index in [0.717, 1.165) is 19.3 Å². The molecule has 0 saturated heterocycles. The third-order valence-corrected chi connectivity index (χ3v) is 4.41. The van der Waals surface area contributed by atoms with Crippen molar-refractivity contribution in [2.24, 2.45) is 5.73 Å². The maximum Gasteiger partial charge on any atom is 0.393 e. The van der Waals surface area contributed by atoms with Crippen molar-refractivity contribution in [3.05, 3.63) is 30.1 Å². The van der Waals surface area contributed by atoms with Crippen molar-refractivity contribution in [2.75, 3.05) is 11.9 Å². The van der Waals surface area contributed by atoms with Gasteiger partial charge in [0.1, 0.15) is 12.1 Å². The highest BCUT2D eigenvalue weighted by Gasteiger charge is 2.29. The van der Waals surface area contributed by atoms with Crippen LogP contribution in [0.5, 0.6) is 0 Å². The van der Waals surface area contributed by atoms with E-state index >= 15 is 0 Å². The zero-order valence-electron chi connectivity index (χ0n) is 13.3. The lowest BCUT2D eigenvalue weighted by atomic mass is 10.1. The molecule has 1 heterocycles. The summed E-state index contributed by atoms with van der Waals surface area (Å²) in [5, 5.41) is 0.650. The van der Waals surface area contributed by atoms with Crippen molar-refractivity contribution < 1.29 is 13.2 Å². The average Bonchev–Trinajstić information content (AvgIpc) is 2.91. The number of aromatic nitrogens is 2. The molecular formula is C16H20ClF3N4. The molecule has 1 saturated carbocycles. The van der Waals surface area contributed by atoms with Gasteiger partial charge < -0.3 is 10.6 Å². The van der Waals surface area contributed by atoms with Gasteiger partial charge in [-0.1, -0.05) is 6.07 Å². The molecule has 8 heteroatoms. The van der Waals surface area contributed by atoms with Crippen LogP contribution in [0.3, 0.4) is 0 Å². The van der Waals surface area contributed by atoms with Crippen LogP contribution in [0.2, 0.25) is 0 Å². The number of benzene rings is 1. The number of hydrogen-bond donors (Lipinski definition) is 1. The number of hydrogen-bond acceptors (Lipinski definition) is 4. The number of fused-ring (bicyclic) bond motifs is 1. The van der Waals surface area contributed by atoms with Crippen LogP contribution in [0.25, 0.3) is 10.9 Å². The Hall–Kier alpha value is -1.60. The van der Waals surface area contributed by atoms with Gasteiger partial charge in [0.15, 0.2) is 0 Å². The standard InChI is InChI=1S/C16H19F3N4.ClH/c1-23(12-4-3-11(20)7-12)15-13-6-10(8-16(17,18)19)2-5-14(13)21-9-22-15;/h2,5-6,9,11-12H,3-4,7-8,20H2,1H3;1H/t11-,12+;/m0./s1. The van der Waals surface area contributed by atoms with Crippen molar-refractivity contribution in [3.8, 4) is 0 Å². The van der Waals surface area contributed by atoms with Crippen LogP contribution in [0.4, 0.5) is 19.0 Å². The van der Waals surface area contributed by atoms with Gasteiger partial charge in [-0.15, -0.1) is 12.4 Å². The quantitative estimate of drug-likeness (QED) is 0.910. The second-order valence-electron chi connectivity index (χ2n) is 6.18. The fraction of sp³-hybridized carbons (Fsp3) is 0.500. The molecule has 132 valence electrons. The highest BCUT2D eigenvalue weighted by molar-refractivity contribution is 5.89. The Morgan fingerprint density at radius 2 is 2.00 bits per heavy atom. The smallest absolute Gasteiger partial charge is 0.356 e. The molecule has 1 fully saturated rings. The Labute approximate surface area is 144 Å². The predicted molar refractivity (Wildman–Crippen MR) is 90.6 cm³/mol. The van der Waals surface area contributed by atoms with Crippen LogP contribution < -0.4 is 10.6 Å². The van der Waals surface area contributed by atoms with Gasteiger partial charge in [-0.25, -0.2) is 9.97 Å². The Balaban J connectivity index is 0.00000208. The van der Waals surface area contributed by atoms with Crippen LogP contribution in [-0.4, -0.2) is 35.3 Å². The van der Waals surface area contributed by atoms with E-state index in [1.165, 1.54) is 12.4 Å². The van der Waals surface area contributed by atoms with Gasteiger partial charge in [0.25, 0.3) is 0 Å². The first-order valence-electron chi connectivity index (χ1n) is 7.62. The fourth-order valence-corrected chi connectivity index (χ4v) is 3.23. The molecule has 3 rings (SSSR count). The minimum atomic E-state index is -4.23. The summed E-state index contributed by atoms with van der Waals surface area (Å²) in [6.45, 7) is 0. The normalized spacial score (nSPS) is 20.9. The van der Waals surface area contributed by atoms with Gasteiger partial charge in [0, 0.05) is 24.5 Å². The van der Waals surface area contributed by atoms with Crippen molar-refractivity contribution in [1.29, 1.82) is 0 Å². The van der Waals surface area contributed by atoms with Gasteiger partial charge in [0.05, 0.1) is 11.9 Å². The van der Waals surface area contributed by atoms with E-state index in [2.05, 4.69) is 9.97 Å². The van der Waals surface area contributed by atoms with Crippen molar-refractivity contribution in [2.45, 2.75) is 43.9 Å². The number of nitrogens with two attached hydrogens (primary N) is 1. The summed E-state index contributed by atoms with van der Waals surface area (Å²) in [6.07, 6.45) is -0.942. The van der Waals surface area contributed by atoms with E-state index in [0.29, 0.717) is 16.7 Å². The van der Waals surface area contributed by atoms with Gasteiger partial charge in [-0.2, -0.15) is 13.2 Å². The van der Waals surface area contributed by atoms with E-state index < -0.39 is 12.6 Å². The molecule has 24 heavy (non-hydrogen) atoms. The van der Waals surface area contributed by atoms with E-state index in [1.807, 2.05) is 11.9 Å². The molecule has 0 amide bonds. The molecular weight excluding hydrogens is 341 g/mol. The fourth-order valence-electron chi connectivity index (χ4n) is 3.23. The molecule has 0 bridgehead atoms. The van der Waals surface area contributed by atoms with Crippen LogP contribution in [0.15, 0.2) is 24.5 Å². The zero-order valence-corrected chi connectivity index (χ0v) is 14.1. The third kappa shape index (κ3) is 4.08. The third-order valence-electron chi connectivity index (χ3n) is 4.41. The Morgan fingerprint density at radius 1 is 1.25 bits per heavy atom. The molecule has 0 radical (unpaired) electrons. The highest BCUT2D eigenvalue weighted by Crippen LogP contribution is 2.31. The summed E-state index contributed by atoms with van der Waals surface area (Å²) in [5.41, 5.74) is 6.83. The Morgan fingerprint density at radius 3 is 2.62 bits per heavy atom. The lowest BCUT2D eigenvalue weighted by Gasteiger charge is -2.26. The summed E-state index contributed by atoms with van der Waals surface area (Å²) < 4.78 is 37.9. The summed E-state index contributed by atoms with van der Waals surface area (Å²) in [6, 6.07) is 5.07. The Kier molecular flexibility index (Phi) is 5.55. The number of rotatable bonds is 3. The molecule has 1 aromatic carbocycles. The number of halogens is 4. The Bertz CT molecular complexity index is 707. The second kappa shape index (κ2) is 7.11. The number of anilines is 1. The predicted octanol–water partition coefficient (Wildman–Crippen LogP) is 3.47. The molecule has 0 aliphatic heterocycles. The van der Waals surface area contributed by atoms with Gasteiger partial charge in [0.2, 0.25) is 0 Å². The van der Waals surface area contributed by atoms with Crippen LogP contribution in [-0.2, 0) is 6.42 Å². The zero-order chi connectivity index (χ0) is 16.6. The number of alkyl halides is 3. The van der Waals surface area contributed by atoms with E-state index in [9.17, 15) is 13.2 Å². The topological polar surface area (TPSA) is 55.0 Å². The molecule has 2 atom stereocenters. The van der Waals surface area contributed by atoms with E-state index in [-0.39, 0.29) is 30.1 Å². The van der Waals surface area contributed by atoms with Crippen molar-refractivity contribution in [3.63, 3.8) is 0 Å². The van der Waals surface area contributed by atoms with Crippen LogP contribution in [0, 0.1) is 0 Å². The summed E-state index contributed by atoms with van der Waals surface area (Å²) >= 11 is 0. The minimum Gasteiger partial charge on any atom is -0.356 e. The first-order chi connectivity index (χ1) is 10.8. The van der Waals surface area contributed by atoms with Gasteiger partial charge in [-0.3, -0.25) is 0 Å².